The van der Waals surface area contributed by atoms with Crippen LogP contribution in [0.25, 0.3) is 0 Å². The number of fused-ring (bicyclic) bond motifs is 1. The molecular formula is C25H33N3O4. The average Bonchev–Trinajstić information content (AvgIpc) is 2.75. The molecule has 1 aliphatic carbocycles. The summed E-state index contributed by atoms with van der Waals surface area (Å²) in [4.78, 5) is 29.9. The lowest BCUT2D eigenvalue weighted by Crippen LogP contribution is -2.38. The Morgan fingerprint density at radius 1 is 1.03 bits per heavy atom. The van der Waals surface area contributed by atoms with Gasteiger partial charge in [0.1, 0.15) is 5.82 Å². The zero-order valence-electron chi connectivity index (χ0n) is 19.3. The van der Waals surface area contributed by atoms with Gasteiger partial charge in [-0.3, -0.25) is 10.2 Å². The number of carboxylic acids is 1. The minimum atomic E-state index is -1.07. The maximum atomic E-state index is 13.2. The number of nitrogens with zero attached hydrogens (tertiary/aromatic N) is 2. The molecule has 0 spiro atoms. The number of anilines is 2. The monoisotopic (exact) mass is 439 g/mol. The van der Waals surface area contributed by atoms with E-state index in [-0.39, 0.29) is 34.8 Å². The number of aliphatic hydroxyl groups excluding tert-OH is 1. The van der Waals surface area contributed by atoms with E-state index >= 15 is 0 Å². The Morgan fingerprint density at radius 2 is 1.72 bits per heavy atom. The topological polar surface area (TPSA) is 103 Å². The molecular weight excluding hydrogens is 406 g/mol. The average molecular weight is 440 g/mol. The van der Waals surface area contributed by atoms with Crippen molar-refractivity contribution in [3.8, 4) is 0 Å². The van der Waals surface area contributed by atoms with Crippen molar-refractivity contribution in [1.82, 2.24) is 4.98 Å². The van der Waals surface area contributed by atoms with Crippen molar-refractivity contribution in [1.29, 1.82) is 0 Å². The number of benzene rings is 1. The predicted octanol–water partition coefficient (Wildman–Crippen LogP) is 4.94. The van der Waals surface area contributed by atoms with E-state index in [0.29, 0.717) is 19.4 Å². The SMILES string of the molecule is CC1(C)CCC(C)(C)c2cc(N(CCCCO)C(=O)Nc3ccc(C(=O)O)cn3)ccc21. The van der Waals surface area contributed by atoms with Crippen LogP contribution in [0.4, 0.5) is 16.3 Å². The van der Waals surface area contributed by atoms with Crippen molar-refractivity contribution in [2.45, 2.75) is 64.2 Å². The van der Waals surface area contributed by atoms with Gasteiger partial charge in [0.25, 0.3) is 0 Å². The third-order valence-corrected chi connectivity index (χ3v) is 6.43. The first-order valence-corrected chi connectivity index (χ1v) is 11.1. The predicted molar refractivity (Wildman–Crippen MR) is 126 cm³/mol. The van der Waals surface area contributed by atoms with Crippen LogP contribution >= 0.6 is 0 Å². The van der Waals surface area contributed by atoms with Crippen molar-refractivity contribution in [3.63, 3.8) is 0 Å². The molecule has 0 unspecified atom stereocenters. The van der Waals surface area contributed by atoms with E-state index in [1.807, 2.05) is 6.07 Å². The second-order valence-electron chi connectivity index (χ2n) is 9.75. The van der Waals surface area contributed by atoms with Gasteiger partial charge in [0, 0.05) is 25.0 Å². The van der Waals surface area contributed by atoms with Crippen molar-refractivity contribution >= 4 is 23.5 Å². The molecule has 3 N–H and O–H groups in total. The molecule has 32 heavy (non-hydrogen) atoms. The number of nitrogens with one attached hydrogen (secondary N) is 1. The Morgan fingerprint density at radius 3 is 2.31 bits per heavy atom. The van der Waals surface area contributed by atoms with Gasteiger partial charge in [-0.1, -0.05) is 33.8 Å². The summed E-state index contributed by atoms with van der Waals surface area (Å²) in [6.45, 7) is 9.53. The molecule has 172 valence electrons. The first kappa shape index (κ1) is 23.7. The Balaban J connectivity index is 1.91. The quantitative estimate of drug-likeness (QED) is 0.530. The molecule has 0 saturated carbocycles. The number of rotatable bonds is 7. The smallest absolute Gasteiger partial charge is 0.337 e. The Labute approximate surface area is 189 Å². The summed E-state index contributed by atoms with van der Waals surface area (Å²) in [5, 5.41) is 21.0. The van der Waals surface area contributed by atoms with Gasteiger partial charge in [-0.2, -0.15) is 0 Å². The molecule has 1 aromatic carbocycles. The van der Waals surface area contributed by atoms with Gasteiger partial charge in [-0.15, -0.1) is 0 Å². The second kappa shape index (κ2) is 9.28. The van der Waals surface area contributed by atoms with Crippen LogP contribution < -0.4 is 10.2 Å². The van der Waals surface area contributed by atoms with Crippen LogP contribution in [0.3, 0.4) is 0 Å². The minimum Gasteiger partial charge on any atom is -0.478 e. The number of pyridine rings is 1. The van der Waals surface area contributed by atoms with Crippen LogP contribution in [0.2, 0.25) is 0 Å². The zero-order chi connectivity index (χ0) is 23.5. The first-order chi connectivity index (χ1) is 15.0. The van der Waals surface area contributed by atoms with E-state index in [1.165, 1.54) is 29.5 Å². The molecule has 1 heterocycles. The largest absolute Gasteiger partial charge is 0.478 e. The van der Waals surface area contributed by atoms with Gasteiger partial charge in [0.2, 0.25) is 0 Å². The molecule has 7 heteroatoms. The summed E-state index contributed by atoms with van der Waals surface area (Å²) in [5.41, 5.74) is 3.54. The van der Waals surface area contributed by atoms with Gasteiger partial charge < -0.3 is 10.2 Å². The molecule has 0 fully saturated rings. The third-order valence-electron chi connectivity index (χ3n) is 6.43. The minimum absolute atomic E-state index is 0.0162. The van der Waals surface area contributed by atoms with Crippen LogP contribution in [-0.4, -0.2) is 40.3 Å². The fraction of sp³-hybridized carbons (Fsp3) is 0.480. The summed E-state index contributed by atoms with van der Waals surface area (Å²) in [5.74, 6) is -0.785. The lowest BCUT2D eigenvalue weighted by atomic mass is 9.63. The normalized spacial score (nSPS) is 16.2. The van der Waals surface area contributed by atoms with Crippen LogP contribution in [0.5, 0.6) is 0 Å². The van der Waals surface area contributed by atoms with E-state index in [2.05, 4.69) is 50.1 Å². The van der Waals surface area contributed by atoms with E-state index in [4.69, 9.17) is 5.11 Å². The molecule has 0 bridgehead atoms. The summed E-state index contributed by atoms with van der Waals surface area (Å²) in [7, 11) is 0. The van der Waals surface area contributed by atoms with Gasteiger partial charge in [0.05, 0.1) is 5.56 Å². The summed E-state index contributed by atoms with van der Waals surface area (Å²) >= 11 is 0. The van der Waals surface area contributed by atoms with E-state index in [0.717, 1.165) is 18.5 Å². The Hall–Kier alpha value is -2.93. The molecule has 1 aliphatic rings. The van der Waals surface area contributed by atoms with Gasteiger partial charge in [0.15, 0.2) is 0 Å². The molecule has 1 aromatic heterocycles. The van der Waals surface area contributed by atoms with E-state index in [1.54, 1.807) is 4.90 Å². The molecule has 0 atom stereocenters. The van der Waals surface area contributed by atoms with Crippen LogP contribution in [0.15, 0.2) is 36.5 Å². The third kappa shape index (κ3) is 5.10. The number of carbonyl (C=O) groups is 2. The van der Waals surface area contributed by atoms with Gasteiger partial charge >= 0.3 is 12.0 Å². The molecule has 7 nitrogen and oxygen atoms in total. The standard InChI is InChI=1S/C25H33N3O4/c1-24(2)11-12-25(3,4)20-15-18(8-9-19(20)24)28(13-5-6-14-29)23(32)27-21-10-7-17(16-26-21)22(30)31/h7-10,15-16,29H,5-6,11-14H2,1-4H3,(H,30,31)(H,26,27,32). The van der Waals surface area contributed by atoms with Crippen LogP contribution in [0, 0.1) is 0 Å². The van der Waals surface area contributed by atoms with Crippen molar-refractivity contribution in [2.24, 2.45) is 0 Å². The fourth-order valence-corrected chi connectivity index (χ4v) is 4.25. The summed E-state index contributed by atoms with van der Waals surface area (Å²) in [6.07, 6.45) is 4.66. The Bertz CT molecular complexity index is 983. The van der Waals surface area contributed by atoms with Crippen molar-refractivity contribution < 1.29 is 19.8 Å². The molecule has 2 aromatic rings. The van der Waals surface area contributed by atoms with Gasteiger partial charge in [-0.25, -0.2) is 14.6 Å². The van der Waals surface area contributed by atoms with Gasteiger partial charge in [-0.05, 0) is 71.9 Å². The lowest BCUT2D eigenvalue weighted by molar-refractivity contribution is 0.0696. The highest BCUT2D eigenvalue weighted by atomic mass is 16.4. The highest BCUT2D eigenvalue weighted by Gasteiger charge is 2.37. The molecule has 3 rings (SSSR count). The highest BCUT2D eigenvalue weighted by Crippen LogP contribution is 2.46. The maximum absolute atomic E-state index is 13.2. The zero-order valence-corrected chi connectivity index (χ0v) is 19.3. The second-order valence-corrected chi connectivity index (χ2v) is 9.75. The number of hydrogen-bond donors (Lipinski definition) is 3. The summed E-state index contributed by atoms with van der Waals surface area (Å²) in [6, 6.07) is 8.79. The van der Waals surface area contributed by atoms with E-state index < -0.39 is 5.97 Å². The molecule has 0 radical (unpaired) electrons. The molecule has 0 aliphatic heterocycles. The number of amides is 2. The number of unbranched alkanes of at least 4 members (excludes halogenated alkanes) is 1. The Kier molecular flexibility index (Phi) is 6.88. The van der Waals surface area contributed by atoms with E-state index in [9.17, 15) is 14.7 Å². The van der Waals surface area contributed by atoms with Crippen LogP contribution in [0.1, 0.15) is 74.9 Å². The maximum Gasteiger partial charge on any atom is 0.337 e. The first-order valence-electron chi connectivity index (χ1n) is 11.1. The number of hydrogen-bond acceptors (Lipinski definition) is 4. The lowest BCUT2D eigenvalue weighted by Gasteiger charge is -2.42. The molecule has 0 saturated heterocycles. The molecule has 2 amide bonds. The number of carbonyl (C=O) groups excluding carboxylic acids is 1. The fourth-order valence-electron chi connectivity index (χ4n) is 4.25. The number of aliphatic hydroxyl groups is 1. The number of aromatic carboxylic acids is 1. The van der Waals surface area contributed by atoms with Crippen molar-refractivity contribution in [3.05, 3.63) is 53.2 Å². The number of urea groups is 1. The number of carboxylic acid groups (broad SMARTS) is 1. The van der Waals surface area contributed by atoms with Crippen LogP contribution in [-0.2, 0) is 10.8 Å². The number of aromatic nitrogens is 1. The summed E-state index contributed by atoms with van der Waals surface area (Å²) < 4.78 is 0. The van der Waals surface area contributed by atoms with Crippen molar-refractivity contribution in [2.75, 3.05) is 23.4 Å². The highest BCUT2D eigenvalue weighted by molar-refractivity contribution is 6.01.